The minimum absolute atomic E-state index is 0.232. The number of amides is 2. The standard InChI is InChI=1S/C20H25ClN4O2/c1-12(2)11-22-20(27)18-24-17(16-9-4-5-10-25(16)18)19(26)23-15-8-6-7-14(21)13(15)3/h6-8,12H,4-5,9-11H2,1-3H3,(H,22,27)(H,23,26). The second-order valence-corrected chi connectivity index (χ2v) is 7.72. The predicted octanol–water partition coefficient (Wildman–Crippen LogP) is 3.82. The Bertz CT molecular complexity index is 873. The zero-order chi connectivity index (χ0) is 19.6. The van der Waals surface area contributed by atoms with Crippen LogP contribution in [0.2, 0.25) is 5.02 Å². The molecule has 0 radical (unpaired) electrons. The summed E-state index contributed by atoms with van der Waals surface area (Å²) in [6.45, 7) is 7.20. The Balaban J connectivity index is 1.90. The fourth-order valence-corrected chi connectivity index (χ4v) is 3.37. The normalized spacial score (nSPS) is 13.4. The molecule has 0 atom stereocenters. The van der Waals surface area contributed by atoms with E-state index in [2.05, 4.69) is 15.6 Å². The fourth-order valence-electron chi connectivity index (χ4n) is 3.20. The topological polar surface area (TPSA) is 76.0 Å². The van der Waals surface area contributed by atoms with E-state index in [0.29, 0.717) is 41.2 Å². The van der Waals surface area contributed by atoms with Crippen molar-refractivity contribution in [2.45, 2.75) is 46.6 Å². The smallest absolute Gasteiger partial charge is 0.287 e. The summed E-state index contributed by atoms with van der Waals surface area (Å²) in [6, 6.07) is 5.37. The molecule has 2 heterocycles. The molecule has 1 aromatic carbocycles. The summed E-state index contributed by atoms with van der Waals surface area (Å²) in [5.74, 6) is 0.121. The van der Waals surface area contributed by atoms with Crippen LogP contribution < -0.4 is 10.6 Å². The Morgan fingerprint density at radius 3 is 2.78 bits per heavy atom. The first-order chi connectivity index (χ1) is 12.9. The quantitative estimate of drug-likeness (QED) is 0.817. The molecule has 27 heavy (non-hydrogen) atoms. The van der Waals surface area contributed by atoms with Crippen molar-refractivity contribution in [1.29, 1.82) is 0 Å². The number of carbonyl (C=O) groups excluding carboxylic acids is 2. The number of nitrogens with one attached hydrogen (secondary N) is 2. The van der Waals surface area contributed by atoms with Gasteiger partial charge >= 0.3 is 0 Å². The van der Waals surface area contributed by atoms with Crippen LogP contribution in [0.3, 0.4) is 0 Å². The molecular formula is C20H25ClN4O2. The van der Waals surface area contributed by atoms with Gasteiger partial charge in [0.2, 0.25) is 0 Å². The third kappa shape index (κ3) is 4.16. The van der Waals surface area contributed by atoms with Crippen LogP contribution in [-0.2, 0) is 13.0 Å². The lowest BCUT2D eigenvalue weighted by Gasteiger charge is -2.17. The van der Waals surface area contributed by atoms with E-state index in [1.165, 1.54) is 0 Å². The first kappa shape index (κ1) is 19.4. The summed E-state index contributed by atoms with van der Waals surface area (Å²) < 4.78 is 1.89. The highest BCUT2D eigenvalue weighted by molar-refractivity contribution is 6.31. The molecule has 7 heteroatoms. The molecule has 0 fully saturated rings. The second kappa shape index (κ2) is 8.13. The van der Waals surface area contributed by atoms with Gasteiger partial charge in [-0.2, -0.15) is 0 Å². The lowest BCUT2D eigenvalue weighted by atomic mass is 10.1. The maximum absolute atomic E-state index is 12.9. The number of imidazole rings is 1. The first-order valence-electron chi connectivity index (χ1n) is 9.32. The Labute approximate surface area is 164 Å². The predicted molar refractivity (Wildman–Crippen MR) is 106 cm³/mol. The van der Waals surface area contributed by atoms with Crippen LogP contribution in [0, 0.1) is 12.8 Å². The molecule has 3 rings (SSSR count). The minimum Gasteiger partial charge on any atom is -0.349 e. The molecular weight excluding hydrogens is 364 g/mol. The number of halogens is 1. The van der Waals surface area contributed by atoms with Crippen LogP contribution in [0.25, 0.3) is 0 Å². The van der Waals surface area contributed by atoms with Crippen LogP contribution in [-0.4, -0.2) is 27.9 Å². The maximum Gasteiger partial charge on any atom is 0.287 e. The largest absolute Gasteiger partial charge is 0.349 e. The van der Waals surface area contributed by atoms with E-state index in [0.717, 1.165) is 30.5 Å². The van der Waals surface area contributed by atoms with Gasteiger partial charge in [-0.15, -0.1) is 0 Å². The van der Waals surface area contributed by atoms with Gasteiger partial charge in [0.05, 0.1) is 5.69 Å². The Morgan fingerprint density at radius 2 is 2.04 bits per heavy atom. The van der Waals surface area contributed by atoms with Crippen molar-refractivity contribution in [3.63, 3.8) is 0 Å². The van der Waals surface area contributed by atoms with Gasteiger partial charge in [0.25, 0.3) is 11.8 Å². The van der Waals surface area contributed by atoms with E-state index in [4.69, 9.17) is 11.6 Å². The number of rotatable bonds is 5. The first-order valence-corrected chi connectivity index (χ1v) is 9.70. The van der Waals surface area contributed by atoms with Crippen molar-refractivity contribution in [1.82, 2.24) is 14.9 Å². The summed E-state index contributed by atoms with van der Waals surface area (Å²) in [6.07, 6.45) is 2.69. The monoisotopic (exact) mass is 388 g/mol. The molecule has 1 aliphatic heterocycles. The van der Waals surface area contributed by atoms with E-state index in [1.54, 1.807) is 18.2 Å². The van der Waals surface area contributed by atoms with Crippen molar-refractivity contribution in [2.24, 2.45) is 5.92 Å². The number of hydrogen-bond acceptors (Lipinski definition) is 3. The van der Waals surface area contributed by atoms with Crippen molar-refractivity contribution in [3.05, 3.63) is 46.0 Å². The van der Waals surface area contributed by atoms with Gasteiger partial charge in [-0.25, -0.2) is 4.98 Å². The molecule has 2 N–H and O–H groups in total. The Kier molecular flexibility index (Phi) is 5.85. The number of nitrogens with zero attached hydrogens (tertiary/aromatic N) is 2. The lowest BCUT2D eigenvalue weighted by molar-refractivity contribution is 0.0933. The summed E-state index contributed by atoms with van der Waals surface area (Å²) in [4.78, 5) is 29.9. The van der Waals surface area contributed by atoms with Crippen LogP contribution in [0.1, 0.15) is 59.1 Å². The van der Waals surface area contributed by atoms with Crippen LogP contribution >= 0.6 is 11.6 Å². The zero-order valence-electron chi connectivity index (χ0n) is 15.9. The third-order valence-electron chi connectivity index (χ3n) is 4.72. The highest BCUT2D eigenvalue weighted by atomic mass is 35.5. The molecule has 2 aromatic rings. The van der Waals surface area contributed by atoms with Crippen molar-refractivity contribution >= 4 is 29.1 Å². The molecule has 144 valence electrons. The van der Waals surface area contributed by atoms with E-state index in [1.807, 2.05) is 25.3 Å². The van der Waals surface area contributed by atoms with Gasteiger partial charge in [0.15, 0.2) is 11.5 Å². The molecule has 0 bridgehead atoms. The number of carbonyl (C=O) groups is 2. The average Bonchev–Trinajstić information content (AvgIpc) is 3.03. The number of fused-ring (bicyclic) bond motifs is 1. The maximum atomic E-state index is 12.9. The van der Waals surface area contributed by atoms with Crippen LogP contribution in [0.4, 0.5) is 5.69 Å². The third-order valence-corrected chi connectivity index (χ3v) is 5.13. The highest BCUT2D eigenvalue weighted by Gasteiger charge is 2.27. The Hall–Kier alpha value is -2.34. The summed E-state index contributed by atoms with van der Waals surface area (Å²) in [5, 5.41) is 6.38. The summed E-state index contributed by atoms with van der Waals surface area (Å²) >= 11 is 6.14. The van der Waals surface area contributed by atoms with Crippen LogP contribution in [0.15, 0.2) is 18.2 Å². The minimum atomic E-state index is -0.311. The van der Waals surface area contributed by atoms with E-state index in [-0.39, 0.29) is 11.8 Å². The van der Waals surface area contributed by atoms with Gasteiger partial charge in [-0.05, 0) is 49.8 Å². The van der Waals surface area contributed by atoms with Gasteiger partial charge in [0, 0.05) is 23.8 Å². The molecule has 1 aliphatic rings. The van der Waals surface area contributed by atoms with E-state index < -0.39 is 0 Å². The van der Waals surface area contributed by atoms with Crippen molar-refractivity contribution in [3.8, 4) is 0 Å². The fraction of sp³-hybridized carbons (Fsp3) is 0.450. The molecule has 0 unspecified atom stereocenters. The molecule has 6 nitrogen and oxygen atoms in total. The molecule has 1 aromatic heterocycles. The Morgan fingerprint density at radius 1 is 1.26 bits per heavy atom. The zero-order valence-corrected chi connectivity index (χ0v) is 16.7. The van der Waals surface area contributed by atoms with Gasteiger partial charge in [-0.3, -0.25) is 9.59 Å². The highest BCUT2D eigenvalue weighted by Crippen LogP contribution is 2.25. The summed E-state index contributed by atoms with van der Waals surface area (Å²) in [5.41, 5.74) is 2.60. The number of hydrogen-bond donors (Lipinski definition) is 2. The molecule has 0 saturated heterocycles. The SMILES string of the molecule is Cc1c(Cl)cccc1NC(=O)c1nc(C(=O)NCC(C)C)n2c1CCCC2. The average molecular weight is 389 g/mol. The molecule has 0 aliphatic carbocycles. The van der Waals surface area contributed by atoms with Crippen LogP contribution in [0.5, 0.6) is 0 Å². The van der Waals surface area contributed by atoms with E-state index >= 15 is 0 Å². The van der Waals surface area contributed by atoms with Crippen molar-refractivity contribution in [2.75, 3.05) is 11.9 Å². The van der Waals surface area contributed by atoms with Gasteiger partial charge < -0.3 is 15.2 Å². The van der Waals surface area contributed by atoms with Gasteiger partial charge in [0.1, 0.15) is 0 Å². The van der Waals surface area contributed by atoms with Crippen molar-refractivity contribution < 1.29 is 9.59 Å². The number of benzene rings is 1. The van der Waals surface area contributed by atoms with E-state index in [9.17, 15) is 9.59 Å². The number of aromatic nitrogens is 2. The van der Waals surface area contributed by atoms with Gasteiger partial charge in [-0.1, -0.05) is 31.5 Å². The molecule has 0 spiro atoms. The molecule has 0 saturated carbocycles. The second-order valence-electron chi connectivity index (χ2n) is 7.31. The summed E-state index contributed by atoms with van der Waals surface area (Å²) in [7, 11) is 0. The molecule has 2 amide bonds. The lowest BCUT2D eigenvalue weighted by Crippen LogP contribution is -2.30. The number of anilines is 1.